The maximum Gasteiger partial charge on any atom is 0.327 e. The molecule has 1 fully saturated rings. The molecule has 1 aromatic heterocycles. The van der Waals surface area contributed by atoms with Crippen molar-refractivity contribution < 1.29 is 17.9 Å². The standard InChI is InChI=1S/C18H20Cl2N2O4S/c1-3-26-17(23)18(8-4-5-9-18)22(2)27(24,25)12-6-7-13-14(10-12)16(20)21-11-15(13)19/h6-7,10-11H,3-5,8-9H2,1-2H3. The van der Waals surface area contributed by atoms with Crippen LogP contribution in [0.4, 0.5) is 0 Å². The Hall–Kier alpha value is -1.41. The molecular formula is C18H20Cl2N2O4S. The molecule has 0 aliphatic heterocycles. The van der Waals surface area contributed by atoms with Crippen LogP contribution in [0.5, 0.6) is 0 Å². The highest BCUT2D eigenvalue weighted by atomic mass is 35.5. The molecule has 0 spiro atoms. The van der Waals surface area contributed by atoms with E-state index in [0.717, 1.165) is 17.1 Å². The summed E-state index contributed by atoms with van der Waals surface area (Å²) in [5.41, 5.74) is -1.18. The summed E-state index contributed by atoms with van der Waals surface area (Å²) in [4.78, 5) is 16.6. The molecule has 0 atom stereocenters. The molecule has 1 aliphatic carbocycles. The quantitative estimate of drug-likeness (QED) is 0.528. The Morgan fingerprint density at radius 1 is 1.26 bits per heavy atom. The van der Waals surface area contributed by atoms with Crippen LogP contribution in [0.25, 0.3) is 10.8 Å². The van der Waals surface area contributed by atoms with E-state index in [1.54, 1.807) is 13.0 Å². The van der Waals surface area contributed by atoms with Gasteiger partial charge in [0.15, 0.2) is 0 Å². The number of aromatic nitrogens is 1. The van der Waals surface area contributed by atoms with Gasteiger partial charge in [-0.3, -0.25) is 4.79 Å². The third-order valence-corrected chi connectivity index (χ3v) is 7.63. The predicted molar refractivity (Wildman–Crippen MR) is 105 cm³/mol. The van der Waals surface area contributed by atoms with Gasteiger partial charge in [0, 0.05) is 24.0 Å². The molecule has 2 aromatic rings. The van der Waals surface area contributed by atoms with Gasteiger partial charge >= 0.3 is 5.97 Å². The van der Waals surface area contributed by atoms with E-state index < -0.39 is 21.5 Å². The fourth-order valence-corrected chi connectivity index (χ4v) is 5.54. The van der Waals surface area contributed by atoms with Crippen LogP contribution >= 0.6 is 23.2 Å². The third kappa shape index (κ3) is 3.42. The van der Waals surface area contributed by atoms with E-state index in [4.69, 9.17) is 27.9 Å². The van der Waals surface area contributed by atoms with Gasteiger partial charge < -0.3 is 4.74 Å². The van der Waals surface area contributed by atoms with Gasteiger partial charge in [-0.05, 0) is 31.9 Å². The van der Waals surface area contributed by atoms with Crippen molar-refractivity contribution in [1.29, 1.82) is 0 Å². The topological polar surface area (TPSA) is 76.6 Å². The molecule has 0 radical (unpaired) electrons. The molecule has 3 rings (SSSR count). The number of pyridine rings is 1. The van der Waals surface area contributed by atoms with Crippen LogP contribution < -0.4 is 0 Å². The van der Waals surface area contributed by atoms with Gasteiger partial charge in [-0.1, -0.05) is 42.1 Å². The molecule has 146 valence electrons. The van der Waals surface area contributed by atoms with E-state index in [9.17, 15) is 13.2 Å². The zero-order chi connectivity index (χ0) is 19.8. The van der Waals surface area contributed by atoms with Crippen molar-refractivity contribution in [2.24, 2.45) is 0 Å². The molecule has 0 unspecified atom stereocenters. The Labute approximate surface area is 168 Å². The van der Waals surface area contributed by atoms with Gasteiger partial charge in [-0.2, -0.15) is 4.31 Å². The molecule has 1 saturated carbocycles. The highest BCUT2D eigenvalue weighted by molar-refractivity contribution is 7.89. The molecule has 1 heterocycles. The number of carbonyl (C=O) groups excluding carboxylic acids is 1. The molecule has 0 bridgehead atoms. The fourth-order valence-electron chi connectivity index (χ4n) is 3.58. The van der Waals surface area contributed by atoms with Crippen LogP contribution in [0.2, 0.25) is 10.2 Å². The van der Waals surface area contributed by atoms with Gasteiger partial charge in [0.1, 0.15) is 10.7 Å². The van der Waals surface area contributed by atoms with Crippen LogP contribution in [-0.2, 0) is 19.6 Å². The van der Waals surface area contributed by atoms with Crippen molar-refractivity contribution in [2.45, 2.75) is 43.0 Å². The number of benzene rings is 1. The molecule has 27 heavy (non-hydrogen) atoms. The number of halogens is 2. The maximum absolute atomic E-state index is 13.3. The number of carbonyl (C=O) groups is 1. The monoisotopic (exact) mass is 430 g/mol. The van der Waals surface area contributed by atoms with Gasteiger partial charge in [0.05, 0.1) is 16.5 Å². The summed E-state index contributed by atoms with van der Waals surface area (Å²) < 4.78 is 32.9. The SMILES string of the molecule is CCOC(=O)C1(N(C)S(=O)(=O)c2ccc3c(Cl)cnc(Cl)c3c2)CCCC1. The number of esters is 1. The normalized spacial score (nSPS) is 16.8. The lowest BCUT2D eigenvalue weighted by molar-refractivity contribution is -0.154. The average Bonchev–Trinajstić information content (AvgIpc) is 3.15. The molecular weight excluding hydrogens is 411 g/mol. The summed E-state index contributed by atoms with van der Waals surface area (Å²) in [5.74, 6) is -0.503. The van der Waals surface area contributed by atoms with E-state index in [0.29, 0.717) is 28.6 Å². The number of likely N-dealkylation sites (N-methyl/N-ethyl adjacent to an activating group) is 1. The van der Waals surface area contributed by atoms with Crippen molar-refractivity contribution in [2.75, 3.05) is 13.7 Å². The van der Waals surface area contributed by atoms with Crippen LogP contribution in [0.1, 0.15) is 32.6 Å². The minimum absolute atomic E-state index is 0.0269. The fraction of sp³-hybridized carbons (Fsp3) is 0.444. The van der Waals surface area contributed by atoms with E-state index in [1.807, 2.05) is 0 Å². The van der Waals surface area contributed by atoms with Crippen molar-refractivity contribution in [3.8, 4) is 0 Å². The van der Waals surface area contributed by atoms with Crippen molar-refractivity contribution in [3.63, 3.8) is 0 Å². The van der Waals surface area contributed by atoms with Gasteiger partial charge in [-0.15, -0.1) is 0 Å². The molecule has 1 aromatic carbocycles. The number of nitrogens with zero attached hydrogens (tertiary/aromatic N) is 2. The van der Waals surface area contributed by atoms with E-state index in [1.165, 1.54) is 25.4 Å². The number of rotatable bonds is 5. The number of hydrogen-bond donors (Lipinski definition) is 0. The number of ether oxygens (including phenoxy) is 1. The van der Waals surface area contributed by atoms with E-state index in [-0.39, 0.29) is 16.7 Å². The van der Waals surface area contributed by atoms with Crippen LogP contribution in [0.15, 0.2) is 29.3 Å². The zero-order valence-electron chi connectivity index (χ0n) is 15.0. The second kappa shape index (κ2) is 7.54. The maximum atomic E-state index is 13.3. The Balaban J connectivity index is 2.08. The lowest BCUT2D eigenvalue weighted by Gasteiger charge is -2.35. The van der Waals surface area contributed by atoms with Crippen LogP contribution in [0, 0.1) is 0 Å². The lowest BCUT2D eigenvalue weighted by atomic mass is 9.98. The van der Waals surface area contributed by atoms with Crippen molar-refractivity contribution in [3.05, 3.63) is 34.6 Å². The average molecular weight is 431 g/mol. The molecule has 1 aliphatic rings. The van der Waals surface area contributed by atoms with Crippen LogP contribution in [-0.4, -0.2) is 42.9 Å². The highest BCUT2D eigenvalue weighted by Crippen LogP contribution is 2.39. The lowest BCUT2D eigenvalue weighted by Crippen LogP contribution is -2.54. The number of fused-ring (bicyclic) bond motifs is 1. The predicted octanol–water partition coefficient (Wildman–Crippen LogP) is 4.04. The summed E-state index contributed by atoms with van der Waals surface area (Å²) in [6.45, 7) is 1.90. The summed E-state index contributed by atoms with van der Waals surface area (Å²) in [7, 11) is -2.53. The van der Waals surface area contributed by atoms with Gasteiger partial charge in [-0.25, -0.2) is 13.4 Å². The minimum Gasteiger partial charge on any atom is -0.465 e. The summed E-state index contributed by atoms with van der Waals surface area (Å²) in [6.07, 6.45) is 3.82. The molecule has 0 amide bonds. The summed E-state index contributed by atoms with van der Waals surface area (Å²) >= 11 is 12.2. The smallest absolute Gasteiger partial charge is 0.327 e. The van der Waals surface area contributed by atoms with Crippen molar-refractivity contribution in [1.82, 2.24) is 9.29 Å². The summed E-state index contributed by atoms with van der Waals surface area (Å²) in [5, 5.41) is 1.59. The van der Waals surface area contributed by atoms with Gasteiger partial charge in [0.25, 0.3) is 0 Å². The second-order valence-corrected chi connectivity index (χ2v) is 9.27. The number of sulfonamides is 1. The second-order valence-electron chi connectivity index (χ2n) is 6.54. The highest BCUT2D eigenvalue weighted by Gasteiger charge is 2.50. The van der Waals surface area contributed by atoms with Crippen molar-refractivity contribution >= 4 is 50.0 Å². The Morgan fingerprint density at radius 3 is 2.56 bits per heavy atom. The first-order valence-corrected chi connectivity index (χ1v) is 10.8. The first-order valence-electron chi connectivity index (χ1n) is 8.64. The molecule has 0 N–H and O–H groups in total. The van der Waals surface area contributed by atoms with E-state index in [2.05, 4.69) is 4.98 Å². The number of hydrogen-bond acceptors (Lipinski definition) is 5. The first kappa shape index (κ1) is 20.3. The molecule has 9 heteroatoms. The third-order valence-electron chi connectivity index (χ3n) is 5.11. The zero-order valence-corrected chi connectivity index (χ0v) is 17.4. The van der Waals surface area contributed by atoms with Gasteiger partial charge in [0.2, 0.25) is 10.0 Å². The van der Waals surface area contributed by atoms with E-state index >= 15 is 0 Å². The largest absolute Gasteiger partial charge is 0.465 e. The molecule has 0 saturated heterocycles. The Bertz CT molecular complexity index is 988. The summed E-state index contributed by atoms with van der Waals surface area (Å²) in [6, 6.07) is 4.50. The Morgan fingerprint density at radius 2 is 1.93 bits per heavy atom. The minimum atomic E-state index is -3.96. The first-order chi connectivity index (χ1) is 12.7. The van der Waals surface area contributed by atoms with Crippen LogP contribution in [0.3, 0.4) is 0 Å². The molecule has 6 nitrogen and oxygen atoms in total. The Kier molecular flexibility index (Phi) is 5.68.